The lowest BCUT2D eigenvalue weighted by atomic mass is 9.87. The average molecular weight is 384 g/mol. The van der Waals surface area contributed by atoms with E-state index in [0.29, 0.717) is 25.0 Å². The van der Waals surface area contributed by atoms with Gasteiger partial charge in [-0.25, -0.2) is 0 Å². The van der Waals surface area contributed by atoms with Crippen molar-refractivity contribution in [1.82, 2.24) is 5.01 Å². The number of nitrogens with zero attached hydrogens (tertiary/aromatic N) is 2. The smallest absolute Gasteiger partial charge is 0.439 e. The maximum Gasteiger partial charge on any atom is 0.439 e. The van der Waals surface area contributed by atoms with E-state index in [1.807, 2.05) is 19.9 Å². The Morgan fingerprint density at radius 1 is 1.26 bits per heavy atom. The molecule has 1 aromatic rings. The van der Waals surface area contributed by atoms with Gasteiger partial charge < -0.3 is 9.84 Å². The first-order valence-corrected chi connectivity index (χ1v) is 9.03. The normalized spacial score (nSPS) is 25.6. The summed E-state index contributed by atoms with van der Waals surface area (Å²) in [6.07, 6.45) is -2.47. The van der Waals surface area contributed by atoms with E-state index in [1.165, 1.54) is 0 Å². The summed E-state index contributed by atoms with van der Waals surface area (Å²) in [5, 5.41) is 14.7. The highest BCUT2D eigenvalue weighted by Crippen LogP contribution is 2.47. The fraction of sp³-hybridized carbons (Fsp3) is 0.579. The van der Waals surface area contributed by atoms with Crippen LogP contribution in [0.1, 0.15) is 43.2 Å². The van der Waals surface area contributed by atoms with Gasteiger partial charge in [-0.2, -0.15) is 23.3 Å². The van der Waals surface area contributed by atoms with Crippen LogP contribution in [0.15, 0.2) is 23.3 Å². The number of amides is 1. The maximum atomic E-state index is 13.8. The van der Waals surface area contributed by atoms with Crippen LogP contribution in [0.4, 0.5) is 13.2 Å². The lowest BCUT2D eigenvalue weighted by Gasteiger charge is -2.37. The summed E-state index contributed by atoms with van der Waals surface area (Å²) in [7, 11) is 0. The molecule has 0 saturated heterocycles. The van der Waals surface area contributed by atoms with Gasteiger partial charge in [0, 0.05) is 5.71 Å². The van der Waals surface area contributed by atoms with E-state index in [9.17, 15) is 23.1 Å². The molecule has 1 aliphatic heterocycles. The molecule has 1 amide bonds. The molecule has 0 aromatic heterocycles. The minimum absolute atomic E-state index is 0.149. The van der Waals surface area contributed by atoms with Gasteiger partial charge in [0.1, 0.15) is 5.75 Å². The Bertz CT molecular complexity index is 743. The summed E-state index contributed by atoms with van der Waals surface area (Å²) in [4.78, 5) is 12.5. The van der Waals surface area contributed by atoms with Gasteiger partial charge in [0.05, 0.1) is 5.92 Å². The van der Waals surface area contributed by atoms with Crippen LogP contribution in [-0.4, -0.2) is 40.2 Å². The Hall–Kier alpha value is -2.09. The molecule has 1 heterocycles. The molecule has 0 spiro atoms. The Kier molecular flexibility index (Phi) is 5.20. The number of hydrogen-bond acceptors (Lipinski definition) is 4. The molecule has 0 bridgehead atoms. The molecule has 27 heavy (non-hydrogen) atoms. The number of fused-ring (bicyclic) bond motifs is 1. The molecule has 3 rings (SSSR count). The zero-order valence-electron chi connectivity index (χ0n) is 15.3. The van der Waals surface area contributed by atoms with Crippen LogP contribution in [0.5, 0.6) is 5.75 Å². The molecule has 0 radical (unpaired) electrons. The number of hydrogen-bond donors (Lipinski definition) is 1. The SMILES string of the molecule is Cc1cc(C)cc(OCC(=O)N2N=C3CCCCC[C@H]3[C@@]2(O)C(F)(F)F)c1. The van der Waals surface area contributed by atoms with E-state index in [4.69, 9.17) is 4.74 Å². The van der Waals surface area contributed by atoms with Crippen LogP contribution in [0.2, 0.25) is 0 Å². The molecular formula is C19H23F3N2O3. The van der Waals surface area contributed by atoms with Crippen molar-refractivity contribution in [2.45, 2.75) is 57.9 Å². The second kappa shape index (κ2) is 7.14. The lowest BCUT2D eigenvalue weighted by Crippen LogP contribution is -2.61. The summed E-state index contributed by atoms with van der Waals surface area (Å²) in [6.45, 7) is 3.07. The number of ether oxygens (including phenoxy) is 1. The number of hydrazone groups is 1. The largest absolute Gasteiger partial charge is 0.484 e. The molecule has 1 aliphatic carbocycles. The second-order valence-corrected chi connectivity index (χ2v) is 7.28. The predicted octanol–water partition coefficient (Wildman–Crippen LogP) is 3.71. The van der Waals surface area contributed by atoms with Gasteiger partial charge >= 0.3 is 6.18 Å². The Balaban J connectivity index is 1.83. The van der Waals surface area contributed by atoms with Crippen molar-refractivity contribution in [2.24, 2.45) is 11.0 Å². The standard InChI is InChI=1S/C19H23F3N2O3/c1-12-8-13(2)10-14(9-12)27-11-17(25)24-18(26,19(20,21)22)15-6-4-3-5-7-16(15)23-24/h8-10,15,26H,3-7,11H2,1-2H3/t15-,18-/m1/s1. The Labute approximate surface area is 155 Å². The maximum absolute atomic E-state index is 13.8. The minimum atomic E-state index is -5.01. The number of rotatable bonds is 3. The molecule has 1 saturated carbocycles. The van der Waals surface area contributed by atoms with E-state index >= 15 is 0 Å². The van der Waals surface area contributed by atoms with E-state index in [0.717, 1.165) is 17.5 Å². The van der Waals surface area contributed by atoms with Crippen LogP contribution in [0.3, 0.4) is 0 Å². The van der Waals surface area contributed by atoms with Crippen molar-refractivity contribution in [3.8, 4) is 5.75 Å². The number of aryl methyl sites for hydroxylation is 2. The van der Waals surface area contributed by atoms with Gasteiger partial charge in [-0.15, -0.1) is 0 Å². The number of aliphatic hydroxyl groups is 1. The van der Waals surface area contributed by atoms with Crippen LogP contribution in [0.25, 0.3) is 0 Å². The first-order chi connectivity index (χ1) is 12.6. The molecule has 1 aromatic carbocycles. The summed E-state index contributed by atoms with van der Waals surface area (Å²) < 4.78 is 46.7. The molecule has 148 valence electrons. The van der Waals surface area contributed by atoms with Gasteiger partial charge in [0.15, 0.2) is 6.61 Å². The minimum Gasteiger partial charge on any atom is -0.484 e. The van der Waals surface area contributed by atoms with Gasteiger partial charge in [0.2, 0.25) is 0 Å². The van der Waals surface area contributed by atoms with E-state index in [1.54, 1.807) is 12.1 Å². The first kappa shape index (κ1) is 19.7. The average Bonchev–Trinajstić information content (AvgIpc) is 2.71. The van der Waals surface area contributed by atoms with E-state index in [2.05, 4.69) is 5.10 Å². The van der Waals surface area contributed by atoms with E-state index in [-0.39, 0.29) is 17.1 Å². The zero-order chi connectivity index (χ0) is 19.8. The molecule has 2 atom stereocenters. The van der Waals surface area contributed by atoms with Crippen molar-refractivity contribution >= 4 is 11.6 Å². The van der Waals surface area contributed by atoms with Crippen molar-refractivity contribution in [3.05, 3.63) is 29.3 Å². The lowest BCUT2D eigenvalue weighted by molar-refractivity contribution is -0.317. The van der Waals surface area contributed by atoms with Crippen LogP contribution in [0, 0.1) is 19.8 Å². The number of carbonyl (C=O) groups excluding carboxylic acids is 1. The molecule has 5 nitrogen and oxygen atoms in total. The summed E-state index contributed by atoms with van der Waals surface area (Å²) in [6, 6.07) is 5.29. The van der Waals surface area contributed by atoms with Crippen LogP contribution < -0.4 is 4.74 Å². The first-order valence-electron chi connectivity index (χ1n) is 9.03. The Morgan fingerprint density at radius 2 is 1.93 bits per heavy atom. The van der Waals surface area contributed by atoms with Crippen LogP contribution >= 0.6 is 0 Å². The number of halogens is 3. The number of benzene rings is 1. The van der Waals surface area contributed by atoms with Crippen molar-refractivity contribution < 1.29 is 27.8 Å². The predicted molar refractivity (Wildman–Crippen MR) is 93.3 cm³/mol. The fourth-order valence-corrected chi connectivity index (χ4v) is 3.86. The van der Waals surface area contributed by atoms with Gasteiger partial charge in [0.25, 0.3) is 11.6 Å². The van der Waals surface area contributed by atoms with Gasteiger partial charge in [-0.3, -0.25) is 4.79 Å². The summed E-state index contributed by atoms with van der Waals surface area (Å²) >= 11 is 0. The molecular weight excluding hydrogens is 361 g/mol. The third-order valence-electron chi connectivity index (χ3n) is 5.08. The topological polar surface area (TPSA) is 62.1 Å². The van der Waals surface area contributed by atoms with Crippen molar-refractivity contribution in [1.29, 1.82) is 0 Å². The summed E-state index contributed by atoms with van der Waals surface area (Å²) in [5.41, 5.74) is -1.25. The molecule has 2 aliphatic rings. The highest BCUT2D eigenvalue weighted by molar-refractivity contribution is 5.93. The molecule has 1 N–H and O–H groups in total. The van der Waals surface area contributed by atoms with E-state index < -0.39 is 30.3 Å². The molecule has 0 unspecified atom stereocenters. The highest BCUT2D eigenvalue weighted by Gasteiger charge is 2.68. The van der Waals surface area contributed by atoms with Crippen molar-refractivity contribution in [2.75, 3.05) is 6.61 Å². The van der Waals surface area contributed by atoms with Crippen molar-refractivity contribution in [3.63, 3.8) is 0 Å². The summed E-state index contributed by atoms with van der Waals surface area (Å²) in [5.74, 6) is -1.85. The third-order valence-corrected chi connectivity index (χ3v) is 5.08. The fourth-order valence-electron chi connectivity index (χ4n) is 3.86. The quantitative estimate of drug-likeness (QED) is 0.864. The third kappa shape index (κ3) is 3.67. The second-order valence-electron chi connectivity index (χ2n) is 7.28. The van der Waals surface area contributed by atoms with Crippen LogP contribution in [-0.2, 0) is 4.79 Å². The monoisotopic (exact) mass is 384 g/mol. The highest BCUT2D eigenvalue weighted by atomic mass is 19.4. The number of alkyl halides is 3. The number of carbonyl (C=O) groups is 1. The molecule has 8 heteroatoms. The zero-order valence-corrected chi connectivity index (χ0v) is 15.3. The van der Waals surface area contributed by atoms with Gasteiger partial charge in [-0.1, -0.05) is 18.9 Å². The molecule has 1 fully saturated rings. The Morgan fingerprint density at radius 3 is 2.56 bits per heavy atom. The van der Waals surface area contributed by atoms with Gasteiger partial charge in [-0.05, 0) is 56.4 Å².